The average Bonchev–Trinajstić information content (AvgIpc) is 2.63. The molecule has 0 fully saturated rings. The highest BCUT2D eigenvalue weighted by molar-refractivity contribution is 5.83. The van der Waals surface area contributed by atoms with Crippen molar-refractivity contribution in [3.05, 3.63) is 77.6 Å². The molecule has 3 rings (SSSR count). The van der Waals surface area contributed by atoms with Gasteiger partial charge in [-0.25, -0.2) is 4.98 Å². The normalized spacial score (nSPS) is 11.6. The van der Waals surface area contributed by atoms with Crippen LogP contribution in [0.5, 0.6) is 0 Å². The first-order chi connectivity index (χ1) is 11.7. The van der Waals surface area contributed by atoms with Gasteiger partial charge in [-0.05, 0) is 36.4 Å². The summed E-state index contributed by atoms with van der Waals surface area (Å²) in [6.45, 7) is 0.582. The van der Waals surface area contributed by atoms with Crippen molar-refractivity contribution in [3.63, 3.8) is 0 Å². The number of ether oxygens (including phenoxy) is 1. The Morgan fingerprint density at radius 3 is 2.87 bits per heavy atom. The first-order valence-corrected chi connectivity index (χ1v) is 7.22. The fourth-order valence-corrected chi connectivity index (χ4v) is 2.40. The second-order valence-electron chi connectivity index (χ2n) is 4.93. The molecule has 0 saturated carbocycles. The molecule has 1 N–H and O–H groups in total. The molecule has 3 aromatic rings. The molecule has 0 amide bonds. The molecule has 0 radical (unpaired) electrons. The number of nitrogens with one attached hydrogen (secondary N) is 1. The highest BCUT2D eigenvalue weighted by atomic mass is 16.5. The van der Waals surface area contributed by atoms with Crippen LogP contribution in [-0.2, 0) is 4.74 Å². The quantitative estimate of drug-likeness (QED) is 0.735. The third-order valence-corrected chi connectivity index (χ3v) is 3.48. The summed E-state index contributed by atoms with van der Waals surface area (Å²) in [7, 11) is 1.60. The number of para-hydroxylation sites is 1. The second kappa shape index (κ2) is 6.79. The Labute approximate surface area is 135 Å². The van der Waals surface area contributed by atoms with Crippen molar-refractivity contribution in [2.75, 3.05) is 18.6 Å². The third-order valence-electron chi connectivity index (χ3n) is 3.48. The summed E-state index contributed by atoms with van der Waals surface area (Å²) in [5, 5.41) is 0.418. The number of hydrogen-bond donors (Lipinski definition) is 1. The number of fused-ring (bicyclic) bond motifs is 1. The number of nitrogens with zero attached hydrogens (tertiary/aromatic N) is 2. The van der Waals surface area contributed by atoms with Crippen molar-refractivity contribution < 1.29 is 6.15 Å². The maximum absolute atomic E-state index is 12.2. The van der Waals surface area contributed by atoms with E-state index in [1.165, 1.54) is 6.33 Å². The van der Waals surface area contributed by atoms with Gasteiger partial charge in [0.05, 0.1) is 30.6 Å². The van der Waals surface area contributed by atoms with Crippen LogP contribution in [0, 0.1) is 0 Å². The Kier molecular flexibility index (Phi) is 4.01. The van der Waals surface area contributed by atoms with Crippen molar-refractivity contribution in [1.82, 2.24) is 9.96 Å². The van der Waals surface area contributed by atoms with Crippen molar-refractivity contribution in [2.24, 2.45) is 0 Å². The molecule has 0 bridgehead atoms. The van der Waals surface area contributed by atoms with Gasteiger partial charge < -0.3 is 14.6 Å². The van der Waals surface area contributed by atoms with E-state index in [2.05, 4.69) is 9.88 Å². The second-order valence-corrected chi connectivity index (χ2v) is 4.93. The molecule has 0 aliphatic rings. The Bertz CT molecular complexity index is 922. The molecule has 0 unspecified atom stereocenters. The molecule has 1 heterocycles. The van der Waals surface area contributed by atoms with Gasteiger partial charge in [0.1, 0.15) is 0 Å². The van der Waals surface area contributed by atoms with E-state index in [0.29, 0.717) is 17.4 Å². The monoisotopic (exact) mass is 308 g/mol. The van der Waals surface area contributed by atoms with Crippen molar-refractivity contribution in [3.8, 4) is 0 Å². The molecular formula is C18H17N3O2. The molecule has 0 aliphatic carbocycles. The predicted octanol–water partition coefficient (Wildman–Crippen LogP) is 3.22. The highest BCUT2D eigenvalue weighted by Crippen LogP contribution is 2.26. The topological polar surface area (TPSA) is 58.2 Å². The molecule has 0 aliphatic heterocycles. The summed E-state index contributed by atoms with van der Waals surface area (Å²) in [6.07, 6.45) is 4.72. The van der Waals surface area contributed by atoms with Crippen LogP contribution < -0.4 is 10.5 Å². The third kappa shape index (κ3) is 3.23. The predicted molar refractivity (Wildman–Crippen MR) is 92.0 cm³/mol. The summed E-state index contributed by atoms with van der Waals surface area (Å²) in [5.41, 5.74) is 2.03. The van der Waals surface area contributed by atoms with Crippen LogP contribution in [0.15, 0.2) is 72.0 Å². The first kappa shape index (κ1) is 13.6. The largest absolute Gasteiger partial charge is 0.505 e. The lowest BCUT2D eigenvalue weighted by molar-refractivity contribution is 0.337. The van der Waals surface area contributed by atoms with Crippen LogP contribution in [0.4, 0.5) is 11.4 Å². The summed E-state index contributed by atoms with van der Waals surface area (Å²) >= 11 is 0. The van der Waals surface area contributed by atoms with Gasteiger partial charge in [0.25, 0.3) is 5.56 Å². The fourth-order valence-electron chi connectivity index (χ4n) is 2.40. The van der Waals surface area contributed by atoms with E-state index in [1.807, 2.05) is 42.5 Å². The van der Waals surface area contributed by atoms with Crippen molar-refractivity contribution in [2.45, 2.75) is 0 Å². The summed E-state index contributed by atoms with van der Waals surface area (Å²) in [4.78, 5) is 19.1. The highest BCUT2D eigenvalue weighted by Gasteiger charge is 2.10. The molecule has 0 saturated heterocycles. The van der Waals surface area contributed by atoms with Crippen LogP contribution in [0.2, 0.25) is 1.41 Å². The van der Waals surface area contributed by atoms with Crippen molar-refractivity contribution in [1.29, 1.82) is 0 Å². The lowest BCUT2D eigenvalue weighted by Crippen LogP contribution is -2.17. The minimum absolute atomic E-state index is 0.387. The number of aromatic amines is 1. The van der Waals surface area contributed by atoms with Crippen LogP contribution in [0.25, 0.3) is 10.9 Å². The van der Waals surface area contributed by atoms with E-state index < -0.39 is 0 Å². The Hall–Kier alpha value is -3.08. The van der Waals surface area contributed by atoms with Gasteiger partial charge in [-0.3, -0.25) is 4.79 Å². The van der Waals surface area contributed by atoms with Gasteiger partial charge in [0.2, 0.25) is 0 Å². The van der Waals surface area contributed by atoms with Gasteiger partial charge in [0.15, 0.2) is 1.41 Å². The average molecular weight is 308 g/mol. The van der Waals surface area contributed by atoms with E-state index in [1.54, 1.807) is 25.5 Å². The molecule has 2 aromatic carbocycles. The zero-order valence-corrected chi connectivity index (χ0v) is 12.7. The molecule has 0 spiro atoms. The van der Waals surface area contributed by atoms with Gasteiger partial charge in [-0.1, -0.05) is 18.2 Å². The Morgan fingerprint density at radius 1 is 1.26 bits per heavy atom. The maximum atomic E-state index is 12.2. The van der Waals surface area contributed by atoms with Gasteiger partial charge >= 0.3 is 0 Å². The Morgan fingerprint density at radius 2 is 2.09 bits per heavy atom. The number of aromatic nitrogens is 2. The van der Waals surface area contributed by atoms with Crippen LogP contribution in [0.3, 0.4) is 0 Å². The van der Waals surface area contributed by atoms with E-state index in [-0.39, 0.29) is 5.56 Å². The van der Waals surface area contributed by atoms with E-state index in [9.17, 15) is 4.79 Å². The smallest absolute Gasteiger partial charge is 0.258 e. The van der Waals surface area contributed by atoms with E-state index in [4.69, 9.17) is 6.15 Å². The minimum Gasteiger partial charge on any atom is -0.505 e. The zero-order chi connectivity index (χ0) is 16.9. The van der Waals surface area contributed by atoms with Crippen LogP contribution in [0.1, 0.15) is 0 Å². The number of H-pyrrole nitrogens is 1. The fraction of sp³-hybridized carbons (Fsp3) is 0.111. The molecule has 1 aromatic heterocycles. The van der Waals surface area contributed by atoms with Crippen molar-refractivity contribution >= 4 is 22.3 Å². The minimum atomic E-state index is -0.387. The zero-order valence-electron chi connectivity index (χ0n) is 13.7. The summed E-state index contributed by atoms with van der Waals surface area (Å²) in [5.74, 6) is 0. The maximum Gasteiger partial charge on any atom is 0.258 e. The summed E-state index contributed by atoms with van der Waals surface area (Å²) < 4.78 is 12.6. The van der Waals surface area contributed by atoms with Gasteiger partial charge in [0, 0.05) is 17.9 Å². The molecule has 23 heavy (non-hydrogen) atoms. The molecule has 0 atom stereocenters. The molecule has 116 valence electrons. The Balaban J connectivity index is 2.10. The number of methoxy groups -OCH3 is 1. The van der Waals surface area contributed by atoms with Crippen LogP contribution in [-0.4, -0.2) is 23.6 Å². The number of hydrogen-bond acceptors (Lipinski definition) is 4. The van der Waals surface area contributed by atoms with Crippen LogP contribution >= 0.6 is 0 Å². The molecular weight excluding hydrogens is 290 g/mol. The lowest BCUT2D eigenvalue weighted by Gasteiger charge is -2.23. The van der Waals surface area contributed by atoms with E-state index >= 15 is 0 Å². The van der Waals surface area contributed by atoms with Gasteiger partial charge in [-0.2, -0.15) is 0 Å². The standard InChI is InChI=1S/C18H17N3O2/c1-23-11-5-10-21(14-6-3-2-4-7-14)15-8-9-17-16(12-15)18(22)20-13-19-17/h2-9,11-13H,10H2,1H3,(H,19,20,22)/i/hD. The van der Waals surface area contributed by atoms with E-state index in [0.717, 1.165) is 16.4 Å². The summed E-state index contributed by atoms with van der Waals surface area (Å²) in [6, 6.07) is 15.3. The first-order valence-electron chi connectivity index (χ1n) is 7.66. The number of rotatable bonds is 5. The number of anilines is 2. The lowest BCUT2D eigenvalue weighted by atomic mass is 10.2. The van der Waals surface area contributed by atoms with Gasteiger partial charge in [-0.15, -0.1) is 0 Å². The number of benzene rings is 2. The molecule has 5 nitrogen and oxygen atoms in total. The molecule has 5 heteroatoms. The SMILES string of the molecule is [2H]n1cnc2ccc(N(CC=COC)c3ccccc3)cc2c1=O.